The van der Waals surface area contributed by atoms with Crippen molar-refractivity contribution >= 4 is 17.2 Å². The van der Waals surface area contributed by atoms with Crippen LogP contribution in [0.15, 0.2) is 60.0 Å². The summed E-state index contributed by atoms with van der Waals surface area (Å²) in [6, 6.07) is 17.3. The van der Waals surface area contributed by atoms with Crippen molar-refractivity contribution in [2.24, 2.45) is 0 Å². The van der Waals surface area contributed by atoms with E-state index in [9.17, 15) is 4.79 Å². The normalized spacial score (nSPS) is 9.80. The van der Waals surface area contributed by atoms with Gasteiger partial charge < -0.3 is 10.1 Å². The van der Waals surface area contributed by atoms with Crippen LogP contribution in [-0.4, -0.2) is 24.5 Å². The molecule has 0 atom stereocenters. The Balaban J connectivity index is 1.61. The van der Waals surface area contributed by atoms with Gasteiger partial charge in [-0.25, -0.2) is 4.98 Å². The number of carbonyl (C=O) groups is 1. The maximum Gasteiger partial charge on any atom is 0.271 e. The number of benzene rings is 2. The molecule has 25 heavy (non-hydrogen) atoms. The van der Waals surface area contributed by atoms with Crippen LogP contribution in [0.4, 0.5) is 0 Å². The molecule has 0 unspecified atom stereocenters. The Bertz CT molecular complexity index is 923. The lowest BCUT2D eigenvalue weighted by atomic mass is 10.2. The second-order valence-corrected chi connectivity index (χ2v) is 5.95. The fourth-order valence-corrected chi connectivity index (χ4v) is 3.00. The van der Waals surface area contributed by atoms with Crippen LogP contribution < -0.4 is 10.1 Å². The lowest BCUT2D eigenvalue weighted by molar-refractivity contribution is 0.0954. The molecular formula is C20H16N2O2S. The Morgan fingerprint density at radius 1 is 1.16 bits per heavy atom. The average molecular weight is 348 g/mol. The maximum absolute atomic E-state index is 12.2. The summed E-state index contributed by atoms with van der Waals surface area (Å²) in [4.78, 5) is 16.5. The molecule has 1 amide bonds. The van der Waals surface area contributed by atoms with Gasteiger partial charge in [-0.1, -0.05) is 54.3 Å². The number of amides is 1. The molecule has 0 bridgehead atoms. The van der Waals surface area contributed by atoms with Gasteiger partial charge >= 0.3 is 0 Å². The van der Waals surface area contributed by atoms with Gasteiger partial charge in [0.25, 0.3) is 5.91 Å². The van der Waals surface area contributed by atoms with Crippen molar-refractivity contribution in [3.05, 3.63) is 71.2 Å². The summed E-state index contributed by atoms with van der Waals surface area (Å²) in [6.07, 6.45) is 0. The first kappa shape index (κ1) is 16.7. The quantitative estimate of drug-likeness (QED) is 0.733. The number of hydrogen-bond donors (Lipinski definition) is 1. The van der Waals surface area contributed by atoms with Gasteiger partial charge in [0.15, 0.2) is 0 Å². The van der Waals surface area contributed by atoms with Gasteiger partial charge in [-0.3, -0.25) is 4.79 Å². The molecule has 2 aromatic carbocycles. The highest BCUT2D eigenvalue weighted by molar-refractivity contribution is 7.13. The second kappa shape index (κ2) is 8.13. The molecular weight excluding hydrogens is 332 g/mol. The van der Waals surface area contributed by atoms with Crippen molar-refractivity contribution in [2.75, 3.05) is 13.7 Å². The summed E-state index contributed by atoms with van der Waals surface area (Å²) in [5.74, 6) is 6.41. The summed E-state index contributed by atoms with van der Waals surface area (Å²) in [5.41, 5.74) is 2.20. The number of carbonyl (C=O) groups excluding carboxylic acids is 1. The van der Waals surface area contributed by atoms with Gasteiger partial charge in [0.2, 0.25) is 0 Å². The number of nitrogens with one attached hydrogen (secondary N) is 1. The van der Waals surface area contributed by atoms with Crippen LogP contribution in [0, 0.1) is 11.8 Å². The average Bonchev–Trinajstić information content (AvgIpc) is 3.16. The molecule has 4 nitrogen and oxygen atoms in total. The van der Waals surface area contributed by atoms with E-state index in [1.54, 1.807) is 12.5 Å². The van der Waals surface area contributed by atoms with Crippen molar-refractivity contribution in [2.45, 2.75) is 0 Å². The monoisotopic (exact) mass is 348 g/mol. The summed E-state index contributed by atoms with van der Waals surface area (Å²) < 4.78 is 5.24. The number of rotatable bonds is 4. The van der Waals surface area contributed by atoms with Crippen LogP contribution in [0.25, 0.3) is 10.6 Å². The van der Waals surface area contributed by atoms with Gasteiger partial charge in [-0.15, -0.1) is 11.3 Å². The molecule has 0 aliphatic heterocycles. The summed E-state index contributed by atoms with van der Waals surface area (Å²) in [7, 11) is 1.61. The number of nitrogens with zero attached hydrogens (tertiary/aromatic N) is 1. The number of ether oxygens (including phenoxy) is 1. The largest absolute Gasteiger partial charge is 0.495 e. The second-order valence-electron chi connectivity index (χ2n) is 5.09. The highest BCUT2D eigenvalue weighted by Crippen LogP contribution is 2.23. The third-order valence-corrected chi connectivity index (χ3v) is 4.32. The summed E-state index contributed by atoms with van der Waals surface area (Å²) >= 11 is 1.45. The van der Waals surface area contributed by atoms with Crippen molar-refractivity contribution in [3.8, 4) is 28.2 Å². The predicted octanol–water partition coefficient (Wildman–Crippen LogP) is 3.60. The summed E-state index contributed by atoms with van der Waals surface area (Å²) in [5, 5.41) is 5.34. The number of thiazole rings is 1. The van der Waals surface area contributed by atoms with Gasteiger partial charge in [-0.05, 0) is 12.1 Å². The molecule has 3 rings (SSSR count). The minimum atomic E-state index is -0.229. The van der Waals surface area contributed by atoms with E-state index in [0.29, 0.717) is 11.4 Å². The standard InChI is InChI=1S/C20H16N2O2S/c1-24-18-12-6-5-8-15(18)11-7-13-21-19(23)17-14-25-20(22-17)16-9-3-2-4-10-16/h2-6,8-10,12,14H,13H2,1H3,(H,21,23). The van der Waals surface area contributed by atoms with E-state index in [0.717, 1.165) is 16.1 Å². The van der Waals surface area contributed by atoms with E-state index in [4.69, 9.17) is 4.74 Å². The van der Waals surface area contributed by atoms with Crippen molar-refractivity contribution in [1.29, 1.82) is 0 Å². The zero-order valence-electron chi connectivity index (χ0n) is 13.7. The third kappa shape index (κ3) is 4.25. The van der Waals surface area contributed by atoms with Crippen LogP contribution in [0.5, 0.6) is 5.75 Å². The molecule has 0 spiro atoms. The maximum atomic E-state index is 12.2. The first-order valence-corrected chi connectivity index (χ1v) is 8.57. The highest BCUT2D eigenvalue weighted by atomic mass is 32.1. The van der Waals surface area contributed by atoms with Crippen LogP contribution in [0.3, 0.4) is 0 Å². The zero-order valence-corrected chi connectivity index (χ0v) is 14.5. The molecule has 0 aliphatic carbocycles. The third-order valence-electron chi connectivity index (χ3n) is 3.42. The zero-order chi connectivity index (χ0) is 17.5. The van der Waals surface area contributed by atoms with E-state index < -0.39 is 0 Å². The molecule has 3 aromatic rings. The topological polar surface area (TPSA) is 51.2 Å². The van der Waals surface area contributed by atoms with Gasteiger partial charge in [0, 0.05) is 10.9 Å². The Hall–Kier alpha value is -3.10. The Labute approximate surface area is 150 Å². The molecule has 1 aromatic heterocycles. The van der Waals surface area contributed by atoms with E-state index in [-0.39, 0.29) is 12.5 Å². The van der Waals surface area contributed by atoms with E-state index in [1.807, 2.05) is 54.6 Å². The number of para-hydroxylation sites is 1. The van der Waals surface area contributed by atoms with Gasteiger partial charge in [0.05, 0.1) is 19.2 Å². The lowest BCUT2D eigenvalue weighted by Gasteiger charge is -2.01. The van der Waals surface area contributed by atoms with E-state index in [1.165, 1.54) is 11.3 Å². The van der Waals surface area contributed by atoms with Crippen molar-refractivity contribution in [1.82, 2.24) is 10.3 Å². The van der Waals surface area contributed by atoms with Gasteiger partial charge in [-0.2, -0.15) is 0 Å². The Morgan fingerprint density at radius 3 is 2.72 bits per heavy atom. The minimum Gasteiger partial charge on any atom is -0.495 e. The Kier molecular flexibility index (Phi) is 5.45. The predicted molar refractivity (Wildman–Crippen MR) is 99.8 cm³/mol. The molecule has 0 saturated heterocycles. The fourth-order valence-electron chi connectivity index (χ4n) is 2.19. The number of hydrogen-bond acceptors (Lipinski definition) is 4. The molecule has 1 N–H and O–H groups in total. The van der Waals surface area contributed by atoms with E-state index >= 15 is 0 Å². The summed E-state index contributed by atoms with van der Waals surface area (Å²) in [6.45, 7) is 0.245. The number of methoxy groups -OCH3 is 1. The number of aromatic nitrogens is 1. The van der Waals surface area contributed by atoms with Crippen LogP contribution in [0.1, 0.15) is 16.1 Å². The minimum absolute atomic E-state index is 0.229. The molecule has 1 heterocycles. The van der Waals surface area contributed by atoms with Crippen LogP contribution >= 0.6 is 11.3 Å². The van der Waals surface area contributed by atoms with Crippen LogP contribution in [0.2, 0.25) is 0 Å². The Morgan fingerprint density at radius 2 is 1.92 bits per heavy atom. The smallest absolute Gasteiger partial charge is 0.271 e. The lowest BCUT2D eigenvalue weighted by Crippen LogP contribution is -2.23. The molecule has 0 aliphatic rings. The van der Waals surface area contributed by atoms with E-state index in [2.05, 4.69) is 22.1 Å². The van der Waals surface area contributed by atoms with Crippen molar-refractivity contribution < 1.29 is 9.53 Å². The first-order chi connectivity index (χ1) is 12.3. The molecule has 5 heteroatoms. The van der Waals surface area contributed by atoms with Crippen LogP contribution in [-0.2, 0) is 0 Å². The molecule has 0 fully saturated rings. The SMILES string of the molecule is COc1ccccc1C#CCNC(=O)c1csc(-c2ccccc2)n1. The van der Waals surface area contributed by atoms with Gasteiger partial charge in [0.1, 0.15) is 16.5 Å². The van der Waals surface area contributed by atoms with Crippen molar-refractivity contribution in [3.63, 3.8) is 0 Å². The highest BCUT2D eigenvalue weighted by Gasteiger charge is 2.10. The molecule has 124 valence electrons. The fraction of sp³-hybridized carbons (Fsp3) is 0.100. The molecule has 0 radical (unpaired) electrons. The molecule has 0 saturated carbocycles. The first-order valence-electron chi connectivity index (χ1n) is 7.69.